The summed E-state index contributed by atoms with van der Waals surface area (Å²) in [5, 5.41) is 3.37. The maximum absolute atomic E-state index is 4.54. The highest BCUT2D eigenvalue weighted by Crippen LogP contribution is 2.14. The Hall–Kier alpha value is -1.75. The van der Waals surface area contributed by atoms with Crippen molar-refractivity contribution in [2.75, 3.05) is 0 Å². The van der Waals surface area contributed by atoms with Crippen LogP contribution in [0, 0.1) is 6.92 Å². The average molecular weight is 245 g/mol. The molecule has 0 saturated carbocycles. The number of aromatic nitrogens is 4. The molecule has 18 heavy (non-hydrogen) atoms. The van der Waals surface area contributed by atoms with Crippen LogP contribution in [0.1, 0.15) is 25.1 Å². The minimum atomic E-state index is 0.459. The molecule has 0 aliphatic carbocycles. The van der Waals surface area contributed by atoms with Gasteiger partial charge in [0.25, 0.3) is 0 Å². The Morgan fingerprint density at radius 1 is 1.33 bits per heavy atom. The fourth-order valence-electron chi connectivity index (χ4n) is 1.68. The van der Waals surface area contributed by atoms with E-state index < -0.39 is 0 Å². The highest BCUT2D eigenvalue weighted by Gasteiger charge is 2.08. The standard InChI is InChI=1S/C13H19N5/c1-9(2)15-5-11-6-16-13(17-10(11)3)12-7-14-8-18(12)4/h6-9,15H,5H2,1-4H3. The zero-order chi connectivity index (χ0) is 13.1. The number of hydrogen-bond acceptors (Lipinski definition) is 4. The van der Waals surface area contributed by atoms with Crippen LogP contribution in [-0.4, -0.2) is 25.6 Å². The van der Waals surface area contributed by atoms with Gasteiger partial charge in [0.1, 0.15) is 5.69 Å². The molecule has 1 N–H and O–H groups in total. The maximum Gasteiger partial charge on any atom is 0.178 e. The highest BCUT2D eigenvalue weighted by atomic mass is 15.1. The molecular weight excluding hydrogens is 226 g/mol. The number of imidazole rings is 1. The van der Waals surface area contributed by atoms with Crippen molar-refractivity contribution < 1.29 is 0 Å². The third-order valence-corrected chi connectivity index (χ3v) is 2.83. The van der Waals surface area contributed by atoms with Gasteiger partial charge < -0.3 is 9.88 Å². The molecule has 5 nitrogen and oxygen atoms in total. The molecule has 0 saturated heterocycles. The third kappa shape index (κ3) is 2.73. The van der Waals surface area contributed by atoms with Crippen LogP contribution in [0.15, 0.2) is 18.7 Å². The molecule has 2 rings (SSSR count). The van der Waals surface area contributed by atoms with E-state index in [-0.39, 0.29) is 0 Å². The molecule has 0 bridgehead atoms. The molecule has 0 aromatic carbocycles. The molecule has 5 heteroatoms. The van der Waals surface area contributed by atoms with Crippen molar-refractivity contribution in [1.29, 1.82) is 0 Å². The molecule has 2 aromatic heterocycles. The van der Waals surface area contributed by atoms with Crippen molar-refractivity contribution in [3.8, 4) is 11.5 Å². The lowest BCUT2D eigenvalue weighted by molar-refractivity contribution is 0.585. The number of nitrogens with zero attached hydrogens (tertiary/aromatic N) is 4. The van der Waals surface area contributed by atoms with Crippen molar-refractivity contribution in [1.82, 2.24) is 24.8 Å². The van der Waals surface area contributed by atoms with Gasteiger partial charge in [0.05, 0.1) is 12.5 Å². The predicted octanol–water partition coefficient (Wildman–Crippen LogP) is 1.68. The van der Waals surface area contributed by atoms with E-state index in [2.05, 4.69) is 34.1 Å². The molecule has 0 radical (unpaired) electrons. The molecule has 2 aromatic rings. The molecule has 0 fully saturated rings. The largest absolute Gasteiger partial charge is 0.331 e. The van der Waals surface area contributed by atoms with Crippen LogP contribution >= 0.6 is 0 Å². The molecule has 0 aliphatic rings. The first kappa shape index (κ1) is 12.7. The fourth-order valence-corrected chi connectivity index (χ4v) is 1.68. The second-order valence-corrected chi connectivity index (χ2v) is 4.73. The van der Waals surface area contributed by atoms with E-state index in [0.29, 0.717) is 6.04 Å². The molecule has 0 atom stereocenters. The first-order valence-corrected chi connectivity index (χ1v) is 6.10. The van der Waals surface area contributed by atoms with Gasteiger partial charge in [0, 0.05) is 37.1 Å². The summed E-state index contributed by atoms with van der Waals surface area (Å²) in [7, 11) is 1.94. The summed E-state index contributed by atoms with van der Waals surface area (Å²) in [4.78, 5) is 13.0. The van der Waals surface area contributed by atoms with Crippen molar-refractivity contribution >= 4 is 0 Å². The lowest BCUT2D eigenvalue weighted by Crippen LogP contribution is -2.22. The zero-order valence-corrected chi connectivity index (χ0v) is 11.3. The molecule has 0 aliphatic heterocycles. The molecule has 96 valence electrons. The quantitative estimate of drug-likeness (QED) is 0.890. The van der Waals surface area contributed by atoms with Crippen LogP contribution in [0.3, 0.4) is 0 Å². The second kappa shape index (κ2) is 5.27. The third-order valence-electron chi connectivity index (χ3n) is 2.83. The van der Waals surface area contributed by atoms with Crippen molar-refractivity contribution in [2.24, 2.45) is 7.05 Å². The summed E-state index contributed by atoms with van der Waals surface area (Å²) in [5.74, 6) is 0.723. The van der Waals surface area contributed by atoms with Gasteiger partial charge in [-0.3, -0.25) is 0 Å². The summed E-state index contributed by atoms with van der Waals surface area (Å²) >= 11 is 0. The first-order valence-electron chi connectivity index (χ1n) is 6.10. The number of rotatable bonds is 4. The smallest absolute Gasteiger partial charge is 0.178 e. The van der Waals surface area contributed by atoms with Gasteiger partial charge in [0.2, 0.25) is 0 Å². The Morgan fingerprint density at radius 2 is 2.11 bits per heavy atom. The van der Waals surface area contributed by atoms with E-state index >= 15 is 0 Å². The van der Waals surface area contributed by atoms with E-state index in [1.165, 1.54) is 0 Å². The van der Waals surface area contributed by atoms with Crippen molar-refractivity contribution in [2.45, 2.75) is 33.4 Å². The van der Waals surface area contributed by atoms with Gasteiger partial charge in [-0.2, -0.15) is 0 Å². The van der Waals surface area contributed by atoms with Gasteiger partial charge in [-0.1, -0.05) is 13.8 Å². The lowest BCUT2D eigenvalue weighted by Gasteiger charge is -2.10. The second-order valence-electron chi connectivity index (χ2n) is 4.73. The van der Waals surface area contributed by atoms with Crippen molar-refractivity contribution in [3.05, 3.63) is 30.0 Å². The van der Waals surface area contributed by atoms with Crippen LogP contribution in [-0.2, 0) is 13.6 Å². The number of aryl methyl sites for hydroxylation is 2. The lowest BCUT2D eigenvalue weighted by atomic mass is 10.2. The fraction of sp³-hybridized carbons (Fsp3) is 0.462. The van der Waals surface area contributed by atoms with Gasteiger partial charge in [-0.05, 0) is 6.92 Å². The van der Waals surface area contributed by atoms with E-state index in [4.69, 9.17) is 0 Å². The van der Waals surface area contributed by atoms with E-state index in [0.717, 1.165) is 29.3 Å². The Kier molecular flexibility index (Phi) is 3.72. The van der Waals surface area contributed by atoms with Crippen LogP contribution in [0.25, 0.3) is 11.5 Å². The summed E-state index contributed by atoms with van der Waals surface area (Å²) in [6.07, 6.45) is 5.42. The summed E-state index contributed by atoms with van der Waals surface area (Å²) in [6, 6.07) is 0.459. The summed E-state index contributed by atoms with van der Waals surface area (Å²) < 4.78 is 1.92. The van der Waals surface area contributed by atoms with Crippen molar-refractivity contribution in [3.63, 3.8) is 0 Å². The highest BCUT2D eigenvalue weighted by molar-refractivity contribution is 5.48. The Labute approximate surface area is 107 Å². The number of hydrogen-bond donors (Lipinski definition) is 1. The summed E-state index contributed by atoms with van der Waals surface area (Å²) in [6.45, 7) is 7.06. The van der Waals surface area contributed by atoms with Gasteiger partial charge in [-0.15, -0.1) is 0 Å². The van der Waals surface area contributed by atoms with Gasteiger partial charge in [-0.25, -0.2) is 15.0 Å². The van der Waals surface area contributed by atoms with E-state index in [9.17, 15) is 0 Å². The molecular formula is C13H19N5. The normalized spacial score (nSPS) is 11.2. The van der Waals surface area contributed by atoms with Crippen LogP contribution in [0.5, 0.6) is 0 Å². The minimum Gasteiger partial charge on any atom is -0.331 e. The van der Waals surface area contributed by atoms with Gasteiger partial charge in [0.15, 0.2) is 5.82 Å². The Bertz CT molecular complexity index is 530. The SMILES string of the molecule is Cc1nc(-c2cncn2C)ncc1CNC(C)C. The minimum absolute atomic E-state index is 0.459. The molecule has 2 heterocycles. The van der Waals surface area contributed by atoms with Crippen LogP contribution in [0.4, 0.5) is 0 Å². The van der Waals surface area contributed by atoms with Gasteiger partial charge >= 0.3 is 0 Å². The summed E-state index contributed by atoms with van der Waals surface area (Å²) in [5.41, 5.74) is 3.07. The predicted molar refractivity (Wildman–Crippen MR) is 70.9 cm³/mol. The van der Waals surface area contributed by atoms with E-state index in [1.807, 2.05) is 24.7 Å². The maximum atomic E-state index is 4.54. The van der Waals surface area contributed by atoms with Crippen LogP contribution in [0.2, 0.25) is 0 Å². The molecule has 0 amide bonds. The van der Waals surface area contributed by atoms with E-state index in [1.54, 1.807) is 12.5 Å². The topological polar surface area (TPSA) is 55.6 Å². The number of nitrogens with one attached hydrogen (secondary N) is 1. The molecule has 0 spiro atoms. The zero-order valence-electron chi connectivity index (χ0n) is 11.3. The first-order chi connectivity index (χ1) is 8.58. The Morgan fingerprint density at radius 3 is 2.67 bits per heavy atom. The monoisotopic (exact) mass is 245 g/mol. The molecule has 0 unspecified atom stereocenters. The van der Waals surface area contributed by atoms with Crippen LogP contribution < -0.4 is 5.32 Å². The Balaban J connectivity index is 2.22. The average Bonchev–Trinajstić information content (AvgIpc) is 2.73.